The summed E-state index contributed by atoms with van der Waals surface area (Å²) in [5, 5.41) is 0. The van der Waals surface area contributed by atoms with Crippen LogP contribution in [-0.4, -0.2) is 31.0 Å². The Morgan fingerprint density at radius 1 is 1.10 bits per heavy atom. The Kier molecular flexibility index (Phi) is 8.04. The van der Waals surface area contributed by atoms with E-state index in [0.717, 1.165) is 50.1 Å². The van der Waals surface area contributed by atoms with Crippen LogP contribution in [0.25, 0.3) is 0 Å². The molecular weight excluding hydrogens is 262 g/mol. The Bertz CT molecular complexity index is 474. The van der Waals surface area contributed by atoms with Crippen molar-refractivity contribution in [2.45, 2.75) is 39.5 Å². The summed E-state index contributed by atoms with van der Waals surface area (Å²) in [6, 6.07) is 7.42. The number of hydrogen-bond donors (Lipinski definition) is 0. The molecule has 0 spiro atoms. The van der Waals surface area contributed by atoms with Gasteiger partial charge in [-0.15, -0.1) is 0 Å². The second-order valence-corrected chi connectivity index (χ2v) is 4.98. The molecule has 0 saturated carbocycles. The average Bonchev–Trinajstić information content (AvgIpc) is 2.53. The Hall–Kier alpha value is -1.95. The third-order valence-corrected chi connectivity index (χ3v) is 3.25. The highest BCUT2D eigenvalue weighted by Crippen LogP contribution is 2.10. The fraction of sp³-hybridized carbons (Fsp3) is 0.500. The van der Waals surface area contributed by atoms with Crippen LogP contribution in [0.2, 0.25) is 0 Å². The van der Waals surface area contributed by atoms with Crippen molar-refractivity contribution in [1.29, 1.82) is 0 Å². The van der Waals surface area contributed by atoms with Gasteiger partial charge in [-0.2, -0.15) is 0 Å². The SMILES string of the molecule is CCCCN(CCCC)C(=O)C#Cc1ccc(OC)cc1. The summed E-state index contributed by atoms with van der Waals surface area (Å²) in [5.74, 6) is 6.40. The maximum atomic E-state index is 12.2. The van der Waals surface area contributed by atoms with E-state index in [1.165, 1.54) is 0 Å². The second-order valence-electron chi connectivity index (χ2n) is 4.98. The lowest BCUT2D eigenvalue weighted by Gasteiger charge is -2.19. The molecule has 0 saturated heterocycles. The van der Waals surface area contributed by atoms with E-state index >= 15 is 0 Å². The van der Waals surface area contributed by atoms with Gasteiger partial charge in [-0.05, 0) is 37.1 Å². The molecule has 114 valence electrons. The number of amides is 1. The number of carbonyl (C=O) groups excluding carboxylic acids is 1. The Balaban J connectivity index is 2.68. The van der Waals surface area contributed by atoms with Gasteiger partial charge in [-0.3, -0.25) is 4.79 Å². The summed E-state index contributed by atoms with van der Waals surface area (Å²) in [7, 11) is 1.63. The lowest BCUT2D eigenvalue weighted by Crippen LogP contribution is -2.31. The molecule has 3 nitrogen and oxygen atoms in total. The fourth-order valence-electron chi connectivity index (χ4n) is 1.89. The van der Waals surface area contributed by atoms with Crippen molar-refractivity contribution in [3.63, 3.8) is 0 Å². The first-order valence-electron chi connectivity index (χ1n) is 7.66. The monoisotopic (exact) mass is 287 g/mol. The normalized spacial score (nSPS) is 9.67. The summed E-state index contributed by atoms with van der Waals surface area (Å²) in [4.78, 5) is 14.0. The van der Waals surface area contributed by atoms with Crippen molar-refractivity contribution in [3.05, 3.63) is 29.8 Å². The quantitative estimate of drug-likeness (QED) is 0.719. The molecule has 21 heavy (non-hydrogen) atoms. The number of carbonyl (C=O) groups is 1. The van der Waals surface area contributed by atoms with Crippen LogP contribution in [0, 0.1) is 11.8 Å². The Morgan fingerprint density at radius 3 is 2.14 bits per heavy atom. The molecule has 1 rings (SSSR count). The smallest absolute Gasteiger partial charge is 0.298 e. The molecular formula is C18H25NO2. The molecule has 0 fully saturated rings. The summed E-state index contributed by atoms with van der Waals surface area (Å²) in [6.45, 7) is 5.86. The predicted octanol–water partition coefficient (Wildman–Crippen LogP) is 3.48. The van der Waals surface area contributed by atoms with Crippen LogP contribution in [-0.2, 0) is 4.79 Å². The van der Waals surface area contributed by atoms with E-state index in [9.17, 15) is 4.79 Å². The fourth-order valence-corrected chi connectivity index (χ4v) is 1.89. The number of nitrogens with zero attached hydrogens (tertiary/aromatic N) is 1. The number of ether oxygens (including phenoxy) is 1. The van der Waals surface area contributed by atoms with Crippen molar-refractivity contribution in [1.82, 2.24) is 4.90 Å². The van der Waals surface area contributed by atoms with Gasteiger partial charge in [0.05, 0.1) is 7.11 Å². The molecule has 0 aliphatic rings. The molecule has 1 aromatic carbocycles. The molecule has 0 heterocycles. The van der Waals surface area contributed by atoms with Crippen LogP contribution in [0.15, 0.2) is 24.3 Å². The van der Waals surface area contributed by atoms with Crippen LogP contribution < -0.4 is 4.74 Å². The predicted molar refractivity (Wildman–Crippen MR) is 86.3 cm³/mol. The van der Waals surface area contributed by atoms with Crippen LogP contribution in [0.3, 0.4) is 0 Å². The van der Waals surface area contributed by atoms with E-state index in [4.69, 9.17) is 4.74 Å². The highest BCUT2D eigenvalue weighted by Gasteiger charge is 2.09. The van der Waals surface area contributed by atoms with Crippen molar-refractivity contribution >= 4 is 5.91 Å². The zero-order valence-corrected chi connectivity index (χ0v) is 13.3. The minimum Gasteiger partial charge on any atom is -0.497 e. The lowest BCUT2D eigenvalue weighted by molar-refractivity contribution is -0.125. The maximum Gasteiger partial charge on any atom is 0.298 e. The average molecular weight is 287 g/mol. The molecule has 0 bridgehead atoms. The Labute approximate surface area is 128 Å². The van der Waals surface area contributed by atoms with E-state index in [0.29, 0.717) is 0 Å². The van der Waals surface area contributed by atoms with Crippen LogP contribution >= 0.6 is 0 Å². The molecule has 0 aliphatic carbocycles. The van der Waals surface area contributed by atoms with E-state index in [-0.39, 0.29) is 5.91 Å². The minimum atomic E-state index is -0.0762. The van der Waals surface area contributed by atoms with Gasteiger partial charge in [0.2, 0.25) is 0 Å². The van der Waals surface area contributed by atoms with Crippen LogP contribution in [0.1, 0.15) is 45.1 Å². The van der Waals surface area contributed by atoms with E-state index in [2.05, 4.69) is 25.7 Å². The Morgan fingerprint density at radius 2 is 1.67 bits per heavy atom. The van der Waals surface area contributed by atoms with Gasteiger partial charge in [0.25, 0.3) is 5.91 Å². The number of unbranched alkanes of at least 4 members (excludes halogenated alkanes) is 2. The molecule has 0 radical (unpaired) electrons. The van der Waals surface area contributed by atoms with E-state index in [1.807, 2.05) is 29.2 Å². The van der Waals surface area contributed by atoms with Crippen molar-refractivity contribution in [2.75, 3.05) is 20.2 Å². The number of rotatable bonds is 7. The molecule has 0 unspecified atom stereocenters. The van der Waals surface area contributed by atoms with E-state index < -0.39 is 0 Å². The summed E-state index contributed by atoms with van der Waals surface area (Å²) >= 11 is 0. The van der Waals surface area contributed by atoms with Crippen molar-refractivity contribution in [2.24, 2.45) is 0 Å². The molecule has 1 aromatic rings. The standard InChI is InChI=1S/C18H25NO2/c1-4-6-14-19(15-7-5-2)18(20)13-10-16-8-11-17(21-3)12-9-16/h8-9,11-12H,4-7,14-15H2,1-3H3. The van der Waals surface area contributed by atoms with Gasteiger partial charge in [0.15, 0.2) is 0 Å². The first-order chi connectivity index (χ1) is 10.2. The maximum absolute atomic E-state index is 12.2. The third kappa shape index (κ3) is 6.35. The molecule has 0 N–H and O–H groups in total. The first kappa shape index (κ1) is 17.1. The molecule has 1 amide bonds. The summed E-state index contributed by atoms with van der Waals surface area (Å²) < 4.78 is 5.10. The van der Waals surface area contributed by atoms with Gasteiger partial charge >= 0.3 is 0 Å². The van der Waals surface area contributed by atoms with Gasteiger partial charge in [-0.25, -0.2) is 0 Å². The summed E-state index contributed by atoms with van der Waals surface area (Å²) in [6.07, 6.45) is 4.23. The van der Waals surface area contributed by atoms with Crippen molar-refractivity contribution < 1.29 is 9.53 Å². The van der Waals surface area contributed by atoms with Crippen LogP contribution in [0.4, 0.5) is 0 Å². The van der Waals surface area contributed by atoms with Crippen molar-refractivity contribution in [3.8, 4) is 17.6 Å². The van der Waals surface area contributed by atoms with Gasteiger partial charge in [0, 0.05) is 24.6 Å². The largest absolute Gasteiger partial charge is 0.497 e. The third-order valence-electron chi connectivity index (χ3n) is 3.25. The first-order valence-corrected chi connectivity index (χ1v) is 7.66. The van der Waals surface area contributed by atoms with Gasteiger partial charge in [-0.1, -0.05) is 32.6 Å². The van der Waals surface area contributed by atoms with Gasteiger partial charge < -0.3 is 9.64 Å². The number of hydrogen-bond acceptors (Lipinski definition) is 2. The number of benzene rings is 1. The molecule has 0 atom stereocenters. The zero-order chi connectivity index (χ0) is 15.5. The topological polar surface area (TPSA) is 29.5 Å². The molecule has 0 aliphatic heterocycles. The van der Waals surface area contributed by atoms with Crippen LogP contribution in [0.5, 0.6) is 5.75 Å². The zero-order valence-electron chi connectivity index (χ0n) is 13.3. The highest BCUT2D eigenvalue weighted by atomic mass is 16.5. The molecule has 3 heteroatoms. The second kappa shape index (κ2) is 9.88. The highest BCUT2D eigenvalue weighted by molar-refractivity contribution is 5.94. The molecule has 0 aromatic heterocycles. The lowest BCUT2D eigenvalue weighted by atomic mass is 10.2. The van der Waals surface area contributed by atoms with E-state index in [1.54, 1.807) is 7.11 Å². The minimum absolute atomic E-state index is 0.0762. The number of methoxy groups -OCH3 is 1. The summed E-state index contributed by atoms with van der Waals surface area (Å²) in [5.41, 5.74) is 0.829. The van der Waals surface area contributed by atoms with Gasteiger partial charge in [0.1, 0.15) is 5.75 Å².